The molecule has 0 spiro atoms. The monoisotopic (exact) mass is 527 g/mol. The maximum absolute atomic E-state index is 13.1. The van der Waals surface area contributed by atoms with E-state index in [-0.39, 0.29) is 17.0 Å². The van der Waals surface area contributed by atoms with E-state index >= 15 is 0 Å². The van der Waals surface area contributed by atoms with Crippen molar-refractivity contribution in [2.24, 2.45) is 0 Å². The standard InChI is InChI=1S/C24H24F3NO5S2/c1-16-9-11-20(12-10-16)34(29,30)28-15-21(19-7-5-4-6-8-19)23-18(3)13-17(2)14-22(23)33-35(31,32)24(25,26)27/h4-14,21,28H,15H2,1-3H3/t21-/m0/s1. The summed E-state index contributed by atoms with van der Waals surface area (Å²) in [5, 5.41) is 0. The summed E-state index contributed by atoms with van der Waals surface area (Å²) in [6, 6.07) is 17.5. The quantitative estimate of drug-likeness (QED) is 0.331. The first-order valence-corrected chi connectivity index (χ1v) is 13.3. The number of benzene rings is 3. The Morgan fingerprint density at radius 3 is 2.03 bits per heavy atom. The van der Waals surface area contributed by atoms with Crippen molar-refractivity contribution in [1.82, 2.24) is 4.72 Å². The van der Waals surface area contributed by atoms with Crippen LogP contribution in [-0.4, -0.2) is 28.9 Å². The zero-order valence-electron chi connectivity index (χ0n) is 19.1. The van der Waals surface area contributed by atoms with Gasteiger partial charge in [-0.05, 0) is 55.7 Å². The minimum absolute atomic E-state index is 0.0201. The van der Waals surface area contributed by atoms with E-state index in [1.165, 1.54) is 18.2 Å². The molecule has 35 heavy (non-hydrogen) atoms. The summed E-state index contributed by atoms with van der Waals surface area (Å²) in [4.78, 5) is 0.0201. The van der Waals surface area contributed by atoms with E-state index in [9.17, 15) is 30.0 Å². The molecule has 0 aromatic heterocycles. The highest BCUT2D eigenvalue weighted by Crippen LogP contribution is 2.38. The Bertz CT molecular complexity index is 1400. The van der Waals surface area contributed by atoms with Gasteiger partial charge in [-0.15, -0.1) is 0 Å². The van der Waals surface area contributed by atoms with Crippen LogP contribution >= 0.6 is 0 Å². The lowest BCUT2D eigenvalue weighted by Gasteiger charge is -2.24. The highest BCUT2D eigenvalue weighted by molar-refractivity contribution is 7.89. The maximum atomic E-state index is 13.1. The maximum Gasteiger partial charge on any atom is 0.534 e. The van der Waals surface area contributed by atoms with Gasteiger partial charge in [0.15, 0.2) is 0 Å². The Morgan fingerprint density at radius 1 is 0.857 bits per heavy atom. The Morgan fingerprint density at radius 2 is 1.46 bits per heavy atom. The van der Waals surface area contributed by atoms with Gasteiger partial charge in [0.2, 0.25) is 10.0 Å². The van der Waals surface area contributed by atoms with E-state index in [1.807, 2.05) is 6.92 Å². The first-order chi connectivity index (χ1) is 16.2. The molecule has 0 aliphatic heterocycles. The van der Waals surface area contributed by atoms with Crippen LogP contribution in [0.1, 0.15) is 33.7 Å². The topological polar surface area (TPSA) is 89.5 Å². The number of nitrogens with one attached hydrogen (secondary N) is 1. The predicted octanol–water partition coefficient (Wildman–Crippen LogP) is 4.95. The molecule has 0 radical (unpaired) electrons. The average molecular weight is 528 g/mol. The van der Waals surface area contributed by atoms with Crippen LogP contribution in [0, 0.1) is 20.8 Å². The van der Waals surface area contributed by atoms with Crippen molar-refractivity contribution in [3.05, 3.63) is 94.5 Å². The molecule has 0 bridgehead atoms. The number of hydrogen-bond donors (Lipinski definition) is 1. The second kappa shape index (κ2) is 10.00. The van der Waals surface area contributed by atoms with E-state index in [0.717, 1.165) is 5.56 Å². The number of halogens is 3. The second-order valence-electron chi connectivity index (χ2n) is 8.11. The van der Waals surface area contributed by atoms with Gasteiger partial charge in [0.25, 0.3) is 0 Å². The summed E-state index contributed by atoms with van der Waals surface area (Å²) in [5.41, 5.74) is -3.15. The molecule has 3 aromatic rings. The molecule has 0 unspecified atom stereocenters. The zero-order chi connectivity index (χ0) is 26.0. The van der Waals surface area contributed by atoms with Gasteiger partial charge in [-0.25, -0.2) is 13.1 Å². The first kappa shape index (κ1) is 26.7. The van der Waals surface area contributed by atoms with Gasteiger partial charge < -0.3 is 4.18 Å². The summed E-state index contributed by atoms with van der Waals surface area (Å²) < 4.78 is 95.8. The highest BCUT2D eigenvalue weighted by atomic mass is 32.2. The van der Waals surface area contributed by atoms with E-state index < -0.39 is 37.3 Å². The van der Waals surface area contributed by atoms with E-state index in [2.05, 4.69) is 8.91 Å². The fraction of sp³-hybridized carbons (Fsp3) is 0.250. The van der Waals surface area contributed by atoms with E-state index in [1.54, 1.807) is 62.4 Å². The smallest absolute Gasteiger partial charge is 0.376 e. The van der Waals surface area contributed by atoms with Crippen molar-refractivity contribution in [2.45, 2.75) is 37.1 Å². The third kappa shape index (κ3) is 6.22. The van der Waals surface area contributed by atoms with Gasteiger partial charge in [0, 0.05) is 18.0 Å². The minimum Gasteiger partial charge on any atom is -0.376 e. The number of alkyl halides is 3. The van der Waals surface area contributed by atoms with Crippen molar-refractivity contribution in [1.29, 1.82) is 0 Å². The van der Waals surface area contributed by atoms with Gasteiger partial charge in [-0.1, -0.05) is 54.1 Å². The molecule has 0 amide bonds. The molecule has 1 N–H and O–H groups in total. The molecule has 1 atom stereocenters. The number of rotatable bonds is 8. The summed E-state index contributed by atoms with van der Waals surface area (Å²) >= 11 is 0. The Kier molecular flexibility index (Phi) is 7.63. The lowest BCUT2D eigenvalue weighted by molar-refractivity contribution is -0.0500. The van der Waals surface area contributed by atoms with Crippen LogP contribution < -0.4 is 8.91 Å². The van der Waals surface area contributed by atoms with Crippen molar-refractivity contribution in [3.63, 3.8) is 0 Å². The van der Waals surface area contributed by atoms with Gasteiger partial charge in [-0.3, -0.25) is 0 Å². The Balaban J connectivity index is 2.09. The lowest BCUT2D eigenvalue weighted by Crippen LogP contribution is -2.31. The van der Waals surface area contributed by atoms with Crippen molar-refractivity contribution < 1.29 is 34.2 Å². The third-order valence-electron chi connectivity index (χ3n) is 5.34. The van der Waals surface area contributed by atoms with Gasteiger partial charge in [0.1, 0.15) is 5.75 Å². The predicted molar refractivity (Wildman–Crippen MR) is 126 cm³/mol. The van der Waals surface area contributed by atoms with Gasteiger partial charge in [0.05, 0.1) is 4.90 Å². The first-order valence-electron chi connectivity index (χ1n) is 10.4. The molecular formula is C24H24F3NO5S2. The van der Waals surface area contributed by atoms with Crippen molar-refractivity contribution in [3.8, 4) is 5.75 Å². The van der Waals surface area contributed by atoms with Crippen LogP contribution in [0.3, 0.4) is 0 Å². The summed E-state index contributed by atoms with van der Waals surface area (Å²) in [6.07, 6.45) is 0. The molecule has 0 fully saturated rings. The average Bonchev–Trinajstić information content (AvgIpc) is 2.75. The van der Waals surface area contributed by atoms with E-state index in [4.69, 9.17) is 0 Å². The van der Waals surface area contributed by atoms with Crippen LogP contribution in [0.5, 0.6) is 5.75 Å². The van der Waals surface area contributed by atoms with Gasteiger partial charge >= 0.3 is 15.6 Å². The van der Waals surface area contributed by atoms with E-state index in [0.29, 0.717) is 16.7 Å². The Labute approximate surface area is 202 Å². The molecule has 11 heteroatoms. The highest BCUT2D eigenvalue weighted by Gasteiger charge is 2.49. The van der Waals surface area contributed by atoms with Crippen LogP contribution in [0.25, 0.3) is 0 Å². The minimum atomic E-state index is -5.95. The molecule has 0 heterocycles. The second-order valence-corrected chi connectivity index (χ2v) is 11.4. The van der Waals surface area contributed by atoms with Crippen molar-refractivity contribution >= 4 is 20.1 Å². The Hall–Kier alpha value is -2.89. The van der Waals surface area contributed by atoms with Crippen molar-refractivity contribution in [2.75, 3.05) is 6.54 Å². The number of aryl methyl sites for hydroxylation is 3. The van der Waals surface area contributed by atoms with Crippen LogP contribution in [0.2, 0.25) is 0 Å². The summed E-state index contributed by atoms with van der Waals surface area (Å²) in [6.45, 7) is 4.74. The number of sulfonamides is 1. The van der Waals surface area contributed by atoms with Crippen LogP contribution in [0.4, 0.5) is 13.2 Å². The molecule has 3 rings (SSSR count). The van der Waals surface area contributed by atoms with Gasteiger partial charge in [-0.2, -0.15) is 21.6 Å². The molecule has 188 valence electrons. The molecule has 3 aromatic carbocycles. The third-order valence-corrected chi connectivity index (χ3v) is 7.74. The number of hydrogen-bond acceptors (Lipinski definition) is 5. The molecule has 0 saturated carbocycles. The van der Waals surface area contributed by atoms with Crippen LogP contribution in [-0.2, 0) is 20.1 Å². The lowest BCUT2D eigenvalue weighted by atomic mass is 9.87. The van der Waals surface area contributed by atoms with Crippen LogP contribution in [0.15, 0.2) is 71.6 Å². The molecule has 0 saturated heterocycles. The SMILES string of the molecule is Cc1ccc(S(=O)(=O)NC[C@@H](c2ccccc2)c2c(C)cc(C)cc2OS(=O)(=O)C(F)(F)F)cc1. The summed E-state index contributed by atoms with van der Waals surface area (Å²) in [5.74, 6) is -1.36. The largest absolute Gasteiger partial charge is 0.534 e. The molecule has 0 aliphatic carbocycles. The molecular weight excluding hydrogens is 503 g/mol. The zero-order valence-corrected chi connectivity index (χ0v) is 20.8. The fourth-order valence-corrected chi connectivity index (χ4v) is 5.20. The fourth-order valence-electron chi connectivity index (χ4n) is 3.69. The molecule has 6 nitrogen and oxygen atoms in total. The normalized spacial score (nSPS) is 13.4. The summed E-state index contributed by atoms with van der Waals surface area (Å²) in [7, 11) is -9.92. The molecule has 0 aliphatic rings.